The van der Waals surface area contributed by atoms with E-state index in [0.717, 1.165) is 12.1 Å². The molecule has 10 heteroatoms. The highest BCUT2D eigenvalue weighted by Crippen LogP contribution is 2.34. The third-order valence-corrected chi connectivity index (χ3v) is 4.83. The zero-order chi connectivity index (χ0) is 20.8. The molecule has 150 valence electrons. The molecule has 0 saturated carbocycles. The average molecular weight is 426 g/mol. The van der Waals surface area contributed by atoms with E-state index in [1.54, 1.807) is 0 Å². The normalized spacial score (nSPS) is 17.2. The van der Waals surface area contributed by atoms with Crippen molar-refractivity contribution in [3.63, 3.8) is 0 Å². The third-order valence-electron chi connectivity index (χ3n) is 4.59. The monoisotopic (exact) mass is 425 g/mol. The zero-order valence-corrected chi connectivity index (χ0v) is 15.3. The number of benzene rings is 2. The van der Waals surface area contributed by atoms with E-state index in [0.29, 0.717) is 10.6 Å². The van der Waals surface area contributed by atoms with Gasteiger partial charge in [0.25, 0.3) is 5.89 Å². The van der Waals surface area contributed by atoms with Crippen LogP contribution in [0.5, 0.6) is 0 Å². The minimum Gasteiger partial charge on any atom is -0.334 e. The molecule has 1 fully saturated rings. The summed E-state index contributed by atoms with van der Waals surface area (Å²) in [5, 5.41) is 4.13. The number of rotatable bonds is 3. The fraction of sp³-hybridized carbons (Fsp3) is 0.211. The smallest absolute Gasteiger partial charge is 0.334 e. The van der Waals surface area contributed by atoms with Crippen LogP contribution in [0.3, 0.4) is 0 Å². The minimum atomic E-state index is -4.44. The van der Waals surface area contributed by atoms with E-state index in [-0.39, 0.29) is 36.3 Å². The molecule has 0 N–H and O–H groups in total. The lowest BCUT2D eigenvalue weighted by molar-refractivity contribution is -0.137. The van der Waals surface area contributed by atoms with Crippen molar-refractivity contribution in [2.75, 3.05) is 11.4 Å². The van der Waals surface area contributed by atoms with Crippen LogP contribution in [0.1, 0.15) is 23.7 Å². The first-order valence-electron chi connectivity index (χ1n) is 8.49. The molecular weight excluding hydrogens is 414 g/mol. The Morgan fingerprint density at radius 2 is 1.86 bits per heavy atom. The predicted molar refractivity (Wildman–Crippen MR) is 95.9 cm³/mol. The van der Waals surface area contributed by atoms with Crippen molar-refractivity contribution in [1.29, 1.82) is 0 Å². The van der Waals surface area contributed by atoms with Crippen molar-refractivity contribution < 1.29 is 26.9 Å². The minimum absolute atomic E-state index is 0.0357. The van der Waals surface area contributed by atoms with Gasteiger partial charge in [-0.25, -0.2) is 4.39 Å². The van der Waals surface area contributed by atoms with E-state index in [9.17, 15) is 22.4 Å². The Labute approximate surface area is 166 Å². The Bertz CT molecular complexity index is 1070. The van der Waals surface area contributed by atoms with Gasteiger partial charge < -0.3 is 9.42 Å². The second kappa shape index (κ2) is 7.14. The molecule has 29 heavy (non-hydrogen) atoms. The van der Waals surface area contributed by atoms with Gasteiger partial charge in [0.2, 0.25) is 5.91 Å². The highest BCUT2D eigenvalue weighted by molar-refractivity contribution is 6.31. The molecule has 2 aromatic carbocycles. The van der Waals surface area contributed by atoms with Crippen LogP contribution in [-0.2, 0) is 11.0 Å². The summed E-state index contributed by atoms with van der Waals surface area (Å²) in [6.45, 7) is 0.127. The van der Waals surface area contributed by atoms with Crippen LogP contribution in [0.4, 0.5) is 23.2 Å². The quantitative estimate of drug-likeness (QED) is 0.550. The maximum atomic E-state index is 14.1. The number of aromatic nitrogens is 2. The van der Waals surface area contributed by atoms with Gasteiger partial charge in [-0.15, -0.1) is 0 Å². The molecule has 0 aliphatic carbocycles. The first-order chi connectivity index (χ1) is 13.7. The van der Waals surface area contributed by atoms with Crippen LogP contribution in [0.25, 0.3) is 11.5 Å². The first kappa shape index (κ1) is 19.4. The van der Waals surface area contributed by atoms with Gasteiger partial charge in [-0.3, -0.25) is 4.79 Å². The summed E-state index contributed by atoms with van der Waals surface area (Å²) in [5.41, 5.74) is -0.406. The van der Waals surface area contributed by atoms with Gasteiger partial charge in [0.1, 0.15) is 5.82 Å². The van der Waals surface area contributed by atoms with Gasteiger partial charge in [0.05, 0.1) is 11.3 Å². The third kappa shape index (κ3) is 3.82. The second-order valence-corrected chi connectivity index (χ2v) is 6.97. The molecule has 0 spiro atoms. The number of hydrogen-bond donors (Lipinski definition) is 0. The molecule has 0 bridgehead atoms. The second-order valence-electron chi connectivity index (χ2n) is 6.53. The maximum Gasteiger partial charge on any atom is 0.416 e. The molecule has 0 radical (unpaired) electrons. The molecular formula is C19H12ClF4N3O2. The molecule has 1 saturated heterocycles. The number of nitrogens with zero attached hydrogens (tertiary/aromatic N) is 3. The van der Waals surface area contributed by atoms with Crippen molar-refractivity contribution >= 4 is 23.2 Å². The summed E-state index contributed by atoms with van der Waals surface area (Å²) in [4.78, 5) is 17.8. The molecule has 4 rings (SSSR count). The molecule has 1 aliphatic rings. The molecule has 5 nitrogen and oxygen atoms in total. The van der Waals surface area contributed by atoms with Crippen molar-refractivity contribution in [3.8, 4) is 11.5 Å². The Morgan fingerprint density at radius 3 is 2.55 bits per heavy atom. The molecule has 1 atom stereocenters. The Hall–Kier alpha value is -2.94. The summed E-state index contributed by atoms with van der Waals surface area (Å²) in [5.74, 6) is -1.10. The van der Waals surface area contributed by atoms with Gasteiger partial charge in [0, 0.05) is 29.5 Å². The summed E-state index contributed by atoms with van der Waals surface area (Å²) in [7, 11) is 0. The van der Waals surface area contributed by atoms with Gasteiger partial charge in [0.15, 0.2) is 5.82 Å². The molecule has 1 aliphatic heterocycles. The SMILES string of the molecule is O=C1CC(c2noc(-c3ccc(C(F)(F)F)cc3)n2)CN1c1cc(Cl)ccc1F. The van der Waals surface area contributed by atoms with E-state index < -0.39 is 23.5 Å². The number of anilines is 1. The molecule has 1 amide bonds. The summed E-state index contributed by atoms with van der Waals surface area (Å²) >= 11 is 5.89. The van der Waals surface area contributed by atoms with Gasteiger partial charge in [-0.2, -0.15) is 18.2 Å². The molecule has 1 aromatic heterocycles. The van der Waals surface area contributed by atoms with Crippen LogP contribution in [0, 0.1) is 5.82 Å². The Kier molecular flexibility index (Phi) is 4.77. The largest absolute Gasteiger partial charge is 0.416 e. The first-order valence-corrected chi connectivity index (χ1v) is 8.87. The number of halogens is 5. The fourth-order valence-corrected chi connectivity index (χ4v) is 3.29. The number of carbonyl (C=O) groups excluding carboxylic acids is 1. The van der Waals surface area contributed by atoms with Gasteiger partial charge in [-0.05, 0) is 42.5 Å². The van der Waals surface area contributed by atoms with E-state index in [1.807, 2.05) is 0 Å². The van der Waals surface area contributed by atoms with Crippen LogP contribution < -0.4 is 4.90 Å². The lowest BCUT2D eigenvalue weighted by Gasteiger charge is -2.17. The molecule has 1 unspecified atom stereocenters. The van der Waals surface area contributed by atoms with Gasteiger partial charge in [-0.1, -0.05) is 16.8 Å². The average Bonchev–Trinajstić information content (AvgIpc) is 3.30. The van der Waals surface area contributed by atoms with Crippen LogP contribution in [0.2, 0.25) is 5.02 Å². The van der Waals surface area contributed by atoms with E-state index in [2.05, 4.69) is 10.1 Å². The van der Waals surface area contributed by atoms with E-state index in [1.165, 1.54) is 35.2 Å². The van der Waals surface area contributed by atoms with Crippen molar-refractivity contribution in [2.45, 2.75) is 18.5 Å². The summed E-state index contributed by atoms with van der Waals surface area (Å²) in [6, 6.07) is 8.22. The van der Waals surface area contributed by atoms with Crippen molar-refractivity contribution in [3.05, 3.63) is 64.7 Å². The highest BCUT2D eigenvalue weighted by atomic mass is 35.5. The maximum absolute atomic E-state index is 14.1. The fourth-order valence-electron chi connectivity index (χ4n) is 3.13. The Morgan fingerprint density at radius 1 is 1.14 bits per heavy atom. The number of carbonyl (C=O) groups is 1. The molecule has 2 heterocycles. The van der Waals surface area contributed by atoms with Crippen LogP contribution in [0.15, 0.2) is 47.0 Å². The summed E-state index contributed by atoms with van der Waals surface area (Å²) < 4.78 is 57.2. The zero-order valence-electron chi connectivity index (χ0n) is 14.6. The van der Waals surface area contributed by atoms with E-state index in [4.69, 9.17) is 16.1 Å². The van der Waals surface area contributed by atoms with Crippen LogP contribution in [-0.4, -0.2) is 22.6 Å². The lowest BCUT2D eigenvalue weighted by Crippen LogP contribution is -2.25. The Balaban J connectivity index is 1.54. The van der Waals surface area contributed by atoms with Crippen LogP contribution >= 0.6 is 11.6 Å². The van der Waals surface area contributed by atoms with Crippen molar-refractivity contribution in [1.82, 2.24) is 10.1 Å². The van der Waals surface area contributed by atoms with E-state index >= 15 is 0 Å². The highest BCUT2D eigenvalue weighted by Gasteiger charge is 2.36. The number of alkyl halides is 3. The lowest BCUT2D eigenvalue weighted by atomic mass is 10.1. The van der Waals surface area contributed by atoms with Gasteiger partial charge >= 0.3 is 6.18 Å². The predicted octanol–water partition coefficient (Wildman–Crippen LogP) is 5.07. The van der Waals surface area contributed by atoms with Crippen molar-refractivity contribution in [2.24, 2.45) is 0 Å². The number of hydrogen-bond acceptors (Lipinski definition) is 4. The standard InChI is InChI=1S/C19H12ClF4N3O2/c20-13-5-6-14(21)15(8-13)27-9-11(7-16(27)28)17-25-18(29-26-17)10-1-3-12(4-2-10)19(22,23)24/h1-6,8,11H,7,9H2. The topological polar surface area (TPSA) is 59.2 Å². The summed E-state index contributed by atoms with van der Waals surface area (Å²) in [6.07, 6.45) is -4.40. The number of amides is 1. The molecule has 3 aromatic rings.